The van der Waals surface area contributed by atoms with E-state index in [1.54, 1.807) is 11.3 Å². The van der Waals surface area contributed by atoms with Crippen molar-refractivity contribution in [2.24, 2.45) is 0 Å². The Bertz CT molecular complexity index is 605. The maximum absolute atomic E-state index is 5.18. The standard InChI is InChI=1S/C13H11N3OS/c1-2-11(13-16-15-9-17-13)6-12(3-1)14-7-10-4-5-18-8-10/h1-6,8-9,14H,7H2. The van der Waals surface area contributed by atoms with Gasteiger partial charge in [-0.15, -0.1) is 10.2 Å². The van der Waals surface area contributed by atoms with Gasteiger partial charge in [-0.25, -0.2) is 0 Å². The molecule has 90 valence electrons. The number of nitrogens with zero attached hydrogens (tertiary/aromatic N) is 2. The average molecular weight is 257 g/mol. The molecule has 2 heterocycles. The van der Waals surface area contributed by atoms with Crippen molar-refractivity contribution in [1.29, 1.82) is 0 Å². The summed E-state index contributed by atoms with van der Waals surface area (Å²) in [5.41, 5.74) is 3.24. The van der Waals surface area contributed by atoms with E-state index < -0.39 is 0 Å². The van der Waals surface area contributed by atoms with E-state index in [2.05, 4.69) is 32.3 Å². The van der Waals surface area contributed by atoms with Crippen LogP contribution in [0.3, 0.4) is 0 Å². The summed E-state index contributed by atoms with van der Waals surface area (Å²) in [5.74, 6) is 0.536. The fourth-order valence-electron chi connectivity index (χ4n) is 1.66. The van der Waals surface area contributed by atoms with E-state index in [4.69, 9.17) is 4.42 Å². The molecule has 2 aromatic heterocycles. The highest BCUT2D eigenvalue weighted by Gasteiger charge is 2.03. The number of nitrogens with one attached hydrogen (secondary N) is 1. The van der Waals surface area contributed by atoms with E-state index >= 15 is 0 Å². The molecule has 0 atom stereocenters. The minimum Gasteiger partial charge on any atom is -0.423 e. The molecule has 0 saturated heterocycles. The molecule has 1 aromatic carbocycles. The van der Waals surface area contributed by atoms with E-state index in [1.165, 1.54) is 12.0 Å². The third-order valence-electron chi connectivity index (χ3n) is 2.55. The number of hydrogen-bond donors (Lipinski definition) is 1. The van der Waals surface area contributed by atoms with Crippen LogP contribution in [0.15, 0.2) is 51.9 Å². The lowest BCUT2D eigenvalue weighted by molar-refractivity contribution is 0.568. The third kappa shape index (κ3) is 2.41. The number of hydrogen-bond acceptors (Lipinski definition) is 5. The fraction of sp³-hybridized carbons (Fsp3) is 0.0769. The summed E-state index contributed by atoms with van der Waals surface area (Å²) < 4.78 is 5.18. The van der Waals surface area contributed by atoms with Crippen molar-refractivity contribution in [2.45, 2.75) is 6.54 Å². The fourth-order valence-corrected chi connectivity index (χ4v) is 2.33. The van der Waals surface area contributed by atoms with Crippen LogP contribution in [0, 0.1) is 0 Å². The minimum absolute atomic E-state index is 0.536. The first-order valence-corrected chi connectivity index (χ1v) is 6.48. The van der Waals surface area contributed by atoms with Gasteiger partial charge in [-0.3, -0.25) is 0 Å². The predicted molar refractivity (Wildman–Crippen MR) is 71.4 cm³/mol. The van der Waals surface area contributed by atoms with Gasteiger partial charge in [0.2, 0.25) is 12.3 Å². The zero-order valence-electron chi connectivity index (χ0n) is 9.54. The monoisotopic (exact) mass is 257 g/mol. The van der Waals surface area contributed by atoms with E-state index in [0.29, 0.717) is 5.89 Å². The zero-order valence-corrected chi connectivity index (χ0v) is 10.4. The van der Waals surface area contributed by atoms with Gasteiger partial charge in [0.25, 0.3) is 0 Å². The third-order valence-corrected chi connectivity index (χ3v) is 3.28. The smallest absolute Gasteiger partial charge is 0.247 e. The minimum atomic E-state index is 0.536. The van der Waals surface area contributed by atoms with Crippen LogP contribution >= 0.6 is 11.3 Å². The molecule has 0 aliphatic carbocycles. The molecule has 0 spiro atoms. The van der Waals surface area contributed by atoms with Crippen molar-refractivity contribution in [3.05, 3.63) is 53.0 Å². The molecule has 0 radical (unpaired) electrons. The van der Waals surface area contributed by atoms with Gasteiger partial charge in [-0.2, -0.15) is 11.3 Å². The summed E-state index contributed by atoms with van der Waals surface area (Å²) in [5, 5.41) is 15.1. The largest absolute Gasteiger partial charge is 0.423 e. The van der Waals surface area contributed by atoms with Gasteiger partial charge in [0.05, 0.1) is 0 Å². The van der Waals surface area contributed by atoms with Crippen molar-refractivity contribution in [1.82, 2.24) is 10.2 Å². The van der Waals surface area contributed by atoms with Gasteiger partial charge in [0.15, 0.2) is 0 Å². The lowest BCUT2D eigenvalue weighted by Crippen LogP contribution is -1.97. The highest BCUT2D eigenvalue weighted by atomic mass is 32.1. The molecule has 0 aliphatic rings. The van der Waals surface area contributed by atoms with Crippen LogP contribution in [0.25, 0.3) is 11.5 Å². The van der Waals surface area contributed by atoms with Gasteiger partial charge in [0, 0.05) is 17.8 Å². The van der Waals surface area contributed by atoms with E-state index in [-0.39, 0.29) is 0 Å². The van der Waals surface area contributed by atoms with E-state index in [9.17, 15) is 0 Å². The van der Waals surface area contributed by atoms with Crippen LogP contribution in [0.2, 0.25) is 0 Å². The van der Waals surface area contributed by atoms with Gasteiger partial charge in [-0.1, -0.05) is 6.07 Å². The van der Waals surface area contributed by atoms with Crippen molar-refractivity contribution >= 4 is 17.0 Å². The number of benzene rings is 1. The van der Waals surface area contributed by atoms with Gasteiger partial charge in [-0.05, 0) is 40.6 Å². The zero-order chi connectivity index (χ0) is 12.2. The summed E-state index contributed by atoms with van der Waals surface area (Å²) in [6.07, 6.45) is 1.33. The first-order chi connectivity index (χ1) is 8.92. The first-order valence-electron chi connectivity index (χ1n) is 5.53. The number of rotatable bonds is 4. The Morgan fingerprint density at radius 2 is 2.28 bits per heavy atom. The Morgan fingerprint density at radius 3 is 3.06 bits per heavy atom. The highest BCUT2D eigenvalue weighted by Crippen LogP contribution is 2.20. The van der Waals surface area contributed by atoms with Gasteiger partial charge < -0.3 is 9.73 Å². The van der Waals surface area contributed by atoms with Crippen molar-refractivity contribution < 1.29 is 4.42 Å². The summed E-state index contributed by atoms with van der Waals surface area (Å²) in [6, 6.07) is 10.0. The molecule has 0 fully saturated rings. The molecule has 0 aliphatic heterocycles. The number of thiophene rings is 1. The molecule has 3 rings (SSSR count). The van der Waals surface area contributed by atoms with Crippen molar-refractivity contribution in [2.75, 3.05) is 5.32 Å². The number of aromatic nitrogens is 2. The van der Waals surface area contributed by atoms with Crippen molar-refractivity contribution in [3.63, 3.8) is 0 Å². The molecule has 0 bridgehead atoms. The van der Waals surface area contributed by atoms with Crippen LogP contribution < -0.4 is 5.32 Å². The molecule has 0 saturated carbocycles. The molecular formula is C13H11N3OS. The molecule has 0 unspecified atom stereocenters. The van der Waals surface area contributed by atoms with E-state index in [0.717, 1.165) is 17.8 Å². The van der Waals surface area contributed by atoms with Crippen LogP contribution in [-0.4, -0.2) is 10.2 Å². The van der Waals surface area contributed by atoms with Gasteiger partial charge >= 0.3 is 0 Å². The summed E-state index contributed by atoms with van der Waals surface area (Å²) in [4.78, 5) is 0. The Morgan fingerprint density at radius 1 is 1.28 bits per heavy atom. The topological polar surface area (TPSA) is 51.0 Å². The lowest BCUT2D eigenvalue weighted by Gasteiger charge is -2.05. The molecular weight excluding hydrogens is 246 g/mol. The highest BCUT2D eigenvalue weighted by molar-refractivity contribution is 7.07. The van der Waals surface area contributed by atoms with Crippen molar-refractivity contribution in [3.8, 4) is 11.5 Å². The average Bonchev–Trinajstić information content (AvgIpc) is 3.10. The van der Waals surface area contributed by atoms with E-state index in [1.807, 2.05) is 24.3 Å². The summed E-state index contributed by atoms with van der Waals surface area (Å²) in [6.45, 7) is 0.816. The van der Waals surface area contributed by atoms with Crippen LogP contribution in [-0.2, 0) is 6.54 Å². The molecule has 1 N–H and O–H groups in total. The molecule has 3 aromatic rings. The predicted octanol–water partition coefficient (Wildman–Crippen LogP) is 3.41. The van der Waals surface area contributed by atoms with Crippen LogP contribution in [0.4, 0.5) is 5.69 Å². The Balaban J connectivity index is 1.75. The summed E-state index contributed by atoms with van der Waals surface area (Å²) in [7, 11) is 0. The van der Waals surface area contributed by atoms with Gasteiger partial charge in [0.1, 0.15) is 0 Å². The molecule has 0 amide bonds. The molecule has 4 nitrogen and oxygen atoms in total. The van der Waals surface area contributed by atoms with Crippen LogP contribution in [0.1, 0.15) is 5.56 Å². The Labute approximate surface area is 108 Å². The Kier molecular flexibility index (Phi) is 3.06. The first kappa shape index (κ1) is 11.0. The number of anilines is 1. The maximum Gasteiger partial charge on any atom is 0.247 e. The quantitative estimate of drug-likeness (QED) is 0.778. The lowest BCUT2D eigenvalue weighted by atomic mass is 10.2. The molecule has 5 heteroatoms. The maximum atomic E-state index is 5.18. The second-order valence-electron chi connectivity index (χ2n) is 3.81. The second-order valence-corrected chi connectivity index (χ2v) is 4.59. The SMILES string of the molecule is c1cc(NCc2ccsc2)cc(-c2nnco2)c1. The summed E-state index contributed by atoms with van der Waals surface area (Å²) >= 11 is 1.70. The van der Waals surface area contributed by atoms with Crippen LogP contribution in [0.5, 0.6) is 0 Å². The normalized spacial score (nSPS) is 10.4. The second kappa shape index (κ2) is 5.01. The molecule has 18 heavy (non-hydrogen) atoms. The Hall–Kier alpha value is -2.14.